The van der Waals surface area contributed by atoms with Crippen molar-refractivity contribution >= 4 is 33.8 Å². The molecule has 1 N–H and O–H groups in total. The maximum Gasteiger partial charge on any atom is 0.211 e. The minimum atomic E-state index is 0.787. The second-order valence-corrected chi connectivity index (χ2v) is 8.02. The Labute approximate surface area is 146 Å². The number of thioether (sulfide) groups is 1. The van der Waals surface area contributed by atoms with Gasteiger partial charge in [-0.2, -0.15) is 0 Å². The van der Waals surface area contributed by atoms with E-state index in [-0.39, 0.29) is 0 Å². The number of rotatable bonds is 5. The van der Waals surface area contributed by atoms with Gasteiger partial charge in [0.25, 0.3) is 0 Å². The van der Waals surface area contributed by atoms with Crippen molar-refractivity contribution in [2.45, 2.75) is 57.0 Å². The summed E-state index contributed by atoms with van der Waals surface area (Å²) in [5, 5.41) is 10.6. The Morgan fingerprint density at radius 2 is 2.04 bits per heavy atom. The van der Waals surface area contributed by atoms with Crippen LogP contribution in [0.15, 0.2) is 23.4 Å². The second kappa shape index (κ2) is 7.09. The summed E-state index contributed by atoms with van der Waals surface area (Å²) in [7, 11) is 0. The van der Waals surface area contributed by atoms with E-state index >= 15 is 0 Å². The molecule has 2 aromatic heterocycles. The molecular weight excluding hydrogens is 316 g/mol. The topological polar surface area (TPSA) is 54.5 Å². The fourth-order valence-electron chi connectivity index (χ4n) is 3.74. The highest BCUT2D eigenvalue weighted by molar-refractivity contribution is 7.99. The fraction of sp³-hybridized carbons (Fsp3) is 0.526. The SMILES string of the molecule is Cc1ccc2[nH]c3nc(SCCCC4CCCCC4)nnc3c2c1. The van der Waals surface area contributed by atoms with Gasteiger partial charge in [0.05, 0.1) is 0 Å². The van der Waals surface area contributed by atoms with E-state index < -0.39 is 0 Å². The van der Waals surface area contributed by atoms with Gasteiger partial charge in [-0.15, -0.1) is 10.2 Å². The second-order valence-electron chi connectivity index (χ2n) is 6.96. The van der Waals surface area contributed by atoms with Crippen molar-refractivity contribution < 1.29 is 0 Å². The third kappa shape index (κ3) is 3.41. The van der Waals surface area contributed by atoms with Gasteiger partial charge in [-0.25, -0.2) is 4.98 Å². The van der Waals surface area contributed by atoms with E-state index in [4.69, 9.17) is 0 Å². The summed E-state index contributed by atoms with van der Waals surface area (Å²) < 4.78 is 0. The number of hydrogen-bond acceptors (Lipinski definition) is 4. The van der Waals surface area contributed by atoms with Crippen LogP contribution in [0.5, 0.6) is 0 Å². The first kappa shape index (κ1) is 15.9. The van der Waals surface area contributed by atoms with Crippen LogP contribution in [-0.2, 0) is 0 Å². The lowest BCUT2D eigenvalue weighted by molar-refractivity contribution is 0.337. The van der Waals surface area contributed by atoms with Crippen LogP contribution in [0.4, 0.5) is 0 Å². The maximum absolute atomic E-state index is 4.66. The van der Waals surface area contributed by atoms with E-state index in [1.54, 1.807) is 11.8 Å². The smallest absolute Gasteiger partial charge is 0.211 e. The molecule has 0 amide bonds. The Hall–Kier alpha value is -1.62. The molecule has 0 aliphatic heterocycles. The highest BCUT2D eigenvalue weighted by Gasteiger charge is 2.13. The first-order chi connectivity index (χ1) is 11.8. The number of H-pyrrole nitrogens is 1. The Balaban J connectivity index is 1.40. The molecule has 0 unspecified atom stereocenters. The lowest BCUT2D eigenvalue weighted by atomic mass is 9.86. The zero-order valence-corrected chi connectivity index (χ0v) is 15.0. The van der Waals surface area contributed by atoms with Crippen molar-refractivity contribution in [2.24, 2.45) is 5.92 Å². The third-order valence-electron chi connectivity index (χ3n) is 5.06. The van der Waals surface area contributed by atoms with E-state index in [2.05, 4.69) is 45.3 Å². The molecule has 4 nitrogen and oxygen atoms in total. The fourth-order valence-corrected chi connectivity index (χ4v) is 4.49. The van der Waals surface area contributed by atoms with Gasteiger partial charge in [0.15, 0.2) is 5.65 Å². The zero-order valence-electron chi connectivity index (χ0n) is 14.2. The molecule has 1 fully saturated rings. The van der Waals surface area contributed by atoms with Crippen molar-refractivity contribution in [3.63, 3.8) is 0 Å². The van der Waals surface area contributed by atoms with Crippen molar-refractivity contribution in [3.8, 4) is 0 Å². The van der Waals surface area contributed by atoms with Crippen molar-refractivity contribution in [3.05, 3.63) is 23.8 Å². The zero-order chi connectivity index (χ0) is 16.4. The van der Waals surface area contributed by atoms with E-state index in [1.807, 2.05) is 0 Å². The number of fused-ring (bicyclic) bond motifs is 3. The molecule has 0 atom stereocenters. The van der Waals surface area contributed by atoms with Gasteiger partial charge in [0, 0.05) is 16.7 Å². The first-order valence-electron chi connectivity index (χ1n) is 9.05. The van der Waals surface area contributed by atoms with Crippen LogP contribution < -0.4 is 0 Å². The molecule has 0 radical (unpaired) electrons. The van der Waals surface area contributed by atoms with E-state index in [9.17, 15) is 0 Å². The van der Waals surface area contributed by atoms with Gasteiger partial charge in [0.1, 0.15) is 5.52 Å². The number of aromatic amines is 1. The monoisotopic (exact) mass is 340 g/mol. The van der Waals surface area contributed by atoms with E-state index in [0.29, 0.717) is 0 Å². The molecule has 1 aromatic carbocycles. The standard InChI is InChI=1S/C19H24N4S/c1-13-9-10-16-15(12-13)17-18(20-16)21-19(23-22-17)24-11-5-8-14-6-3-2-4-7-14/h9-10,12,14H,2-8,11H2,1H3,(H,20,21,23). The molecule has 0 spiro atoms. The van der Waals surface area contributed by atoms with Crippen LogP contribution in [0.1, 0.15) is 50.5 Å². The summed E-state index contributed by atoms with van der Waals surface area (Å²) in [6.45, 7) is 2.09. The molecule has 1 saturated carbocycles. The van der Waals surface area contributed by atoms with Gasteiger partial charge in [-0.05, 0) is 37.8 Å². The Kier molecular flexibility index (Phi) is 4.69. The van der Waals surface area contributed by atoms with Crippen LogP contribution in [0.2, 0.25) is 0 Å². The number of aryl methyl sites for hydroxylation is 1. The van der Waals surface area contributed by atoms with Crippen LogP contribution in [0, 0.1) is 12.8 Å². The number of nitrogens with one attached hydrogen (secondary N) is 1. The van der Waals surface area contributed by atoms with Crippen molar-refractivity contribution in [1.29, 1.82) is 0 Å². The molecule has 0 bridgehead atoms. The Bertz CT molecular complexity index is 836. The number of nitrogens with zero attached hydrogens (tertiary/aromatic N) is 3. The highest BCUT2D eigenvalue weighted by Crippen LogP contribution is 2.29. The molecule has 4 rings (SSSR count). The largest absolute Gasteiger partial charge is 0.338 e. The molecule has 24 heavy (non-hydrogen) atoms. The predicted molar refractivity (Wildman–Crippen MR) is 100 cm³/mol. The molecule has 3 aromatic rings. The molecule has 0 saturated heterocycles. The number of hydrogen-bond donors (Lipinski definition) is 1. The summed E-state index contributed by atoms with van der Waals surface area (Å²) >= 11 is 1.73. The predicted octanol–water partition coefficient (Wildman–Crippen LogP) is 5.27. The quantitative estimate of drug-likeness (QED) is 0.508. The lowest BCUT2D eigenvalue weighted by Gasteiger charge is -2.20. The maximum atomic E-state index is 4.66. The van der Waals surface area contributed by atoms with Crippen molar-refractivity contribution in [2.75, 3.05) is 5.75 Å². The van der Waals surface area contributed by atoms with Crippen molar-refractivity contribution in [1.82, 2.24) is 20.2 Å². The minimum Gasteiger partial charge on any atom is -0.338 e. The van der Waals surface area contributed by atoms with Crippen LogP contribution in [0.3, 0.4) is 0 Å². The first-order valence-corrected chi connectivity index (χ1v) is 10.0. The van der Waals surface area contributed by atoms with Gasteiger partial charge in [-0.1, -0.05) is 55.5 Å². The van der Waals surface area contributed by atoms with Crippen LogP contribution in [-0.4, -0.2) is 25.9 Å². The summed E-state index contributed by atoms with van der Waals surface area (Å²) in [6, 6.07) is 6.33. The normalized spacial score (nSPS) is 16.2. The van der Waals surface area contributed by atoms with Gasteiger partial charge in [0.2, 0.25) is 5.16 Å². The van der Waals surface area contributed by atoms with E-state index in [1.165, 1.54) is 50.5 Å². The third-order valence-corrected chi connectivity index (χ3v) is 5.99. The van der Waals surface area contributed by atoms with Gasteiger partial charge >= 0.3 is 0 Å². The number of benzene rings is 1. The minimum absolute atomic E-state index is 0.787. The summed E-state index contributed by atoms with van der Waals surface area (Å²) in [4.78, 5) is 8.02. The molecule has 126 valence electrons. The average molecular weight is 340 g/mol. The molecule has 1 aliphatic carbocycles. The Morgan fingerprint density at radius 3 is 2.92 bits per heavy atom. The van der Waals surface area contributed by atoms with Gasteiger partial charge in [-0.3, -0.25) is 0 Å². The van der Waals surface area contributed by atoms with Crippen LogP contribution >= 0.6 is 11.8 Å². The van der Waals surface area contributed by atoms with Crippen LogP contribution in [0.25, 0.3) is 22.1 Å². The highest BCUT2D eigenvalue weighted by atomic mass is 32.2. The average Bonchev–Trinajstić information content (AvgIpc) is 2.97. The molecule has 1 aliphatic rings. The summed E-state index contributed by atoms with van der Waals surface area (Å²) in [6.07, 6.45) is 9.78. The Morgan fingerprint density at radius 1 is 1.17 bits per heavy atom. The number of aromatic nitrogens is 4. The molecule has 5 heteroatoms. The molecular formula is C19H24N4S. The lowest BCUT2D eigenvalue weighted by Crippen LogP contribution is -2.06. The summed E-state index contributed by atoms with van der Waals surface area (Å²) in [5.74, 6) is 2.04. The van der Waals surface area contributed by atoms with Gasteiger partial charge < -0.3 is 4.98 Å². The van der Waals surface area contributed by atoms with E-state index in [0.717, 1.165) is 38.9 Å². The summed E-state index contributed by atoms with van der Waals surface area (Å²) in [5.41, 5.74) is 4.03. The molecule has 2 heterocycles.